The Morgan fingerprint density at radius 1 is 1.19 bits per heavy atom. The highest BCUT2D eigenvalue weighted by Crippen LogP contribution is 2.08. The predicted molar refractivity (Wildman–Crippen MR) is 67.8 cm³/mol. The summed E-state index contributed by atoms with van der Waals surface area (Å²) in [6.07, 6.45) is 2.13. The Bertz CT molecular complexity index is 319. The summed E-state index contributed by atoms with van der Waals surface area (Å²) in [6.45, 7) is 5.80. The van der Waals surface area contributed by atoms with Gasteiger partial charge in [-0.3, -0.25) is 4.79 Å². The second-order valence-corrected chi connectivity index (χ2v) is 3.72. The lowest BCUT2D eigenvalue weighted by atomic mass is 10.2. The van der Waals surface area contributed by atoms with E-state index in [-0.39, 0.29) is 5.91 Å². The van der Waals surface area contributed by atoms with Crippen LogP contribution in [0.3, 0.4) is 0 Å². The van der Waals surface area contributed by atoms with Crippen LogP contribution in [0.2, 0.25) is 0 Å². The van der Waals surface area contributed by atoms with E-state index in [0.29, 0.717) is 0 Å². The number of rotatable bonds is 6. The SMILES string of the molecule is CCCCNC(=O)c1ccc(NCC)cc1. The minimum Gasteiger partial charge on any atom is -0.385 e. The fourth-order valence-corrected chi connectivity index (χ4v) is 1.42. The van der Waals surface area contributed by atoms with Crippen LogP contribution >= 0.6 is 0 Å². The molecule has 0 saturated heterocycles. The summed E-state index contributed by atoms with van der Waals surface area (Å²) in [5.41, 5.74) is 1.77. The Morgan fingerprint density at radius 2 is 1.88 bits per heavy atom. The lowest BCUT2D eigenvalue weighted by Gasteiger charge is -2.06. The first-order chi connectivity index (χ1) is 7.77. The zero-order valence-electron chi connectivity index (χ0n) is 10.0. The van der Waals surface area contributed by atoms with Crippen LogP contribution in [0.4, 0.5) is 5.69 Å². The van der Waals surface area contributed by atoms with Gasteiger partial charge < -0.3 is 10.6 Å². The molecule has 0 aliphatic carbocycles. The summed E-state index contributed by atoms with van der Waals surface area (Å²) >= 11 is 0. The second-order valence-electron chi connectivity index (χ2n) is 3.72. The number of unbranched alkanes of at least 4 members (excludes halogenated alkanes) is 1. The molecule has 0 aliphatic heterocycles. The summed E-state index contributed by atoms with van der Waals surface area (Å²) < 4.78 is 0. The summed E-state index contributed by atoms with van der Waals surface area (Å²) in [5.74, 6) is 0.0106. The molecule has 3 heteroatoms. The van der Waals surface area contributed by atoms with Crippen molar-refractivity contribution in [2.45, 2.75) is 26.7 Å². The first kappa shape index (κ1) is 12.6. The van der Waals surface area contributed by atoms with Crippen molar-refractivity contribution in [3.63, 3.8) is 0 Å². The van der Waals surface area contributed by atoms with Crippen molar-refractivity contribution in [1.29, 1.82) is 0 Å². The van der Waals surface area contributed by atoms with Crippen molar-refractivity contribution in [3.05, 3.63) is 29.8 Å². The molecule has 88 valence electrons. The average Bonchev–Trinajstić information content (AvgIpc) is 2.30. The predicted octanol–water partition coefficient (Wildman–Crippen LogP) is 2.65. The van der Waals surface area contributed by atoms with E-state index in [4.69, 9.17) is 0 Å². The standard InChI is InChI=1S/C13H20N2O/c1-3-5-10-15-13(16)11-6-8-12(9-7-11)14-4-2/h6-9,14H,3-5,10H2,1-2H3,(H,15,16). The topological polar surface area (TPSA) is 41.1 Å². The fourth-order valence-electron chi connectivity index (χ4n) is 1.42. The Balaban J connectivity index is 2.49. The van der Waals surface area contributed by atoms with Crippen molar-refractivity contribution in [2.24, 2.45) is 0 Å². The molecular formula is C13H20N2O. The molecule has 2 N–H and O–H groups in total. The molecule has 0 saturated carbocycles. The van der Waals surface area contributed by atoms with E-state index in [0.717, 1.165) is 37.2 Å². The van der Waals surface area contributed by atoms with E-state index < -0.39 is 0 Å². The molecule has 1 amide bonds. The molecule has 1 aromatic rings. The number of amides is 1. The van der Waals surface area contributed by atoms with Crippen LogP contribution in [-0.4, -0.2) is 19.0 Å². The molecule has 0 spiro atoms. The van der Waals surface area contributed by atoms with Crippen molar-refractivity contribution in [1.82, 2.24) is 5.32 Å². The van der Waals surface area contributed by atoms with Crippen LogP contribution in [0, 0.1) is 0 Å². The lowest BCUT2D eigenvalue weighted by molar-refractivity contribution is 0.0953. The molecule has 0 atom stereocenters. The third-order valence-corrected chi connectivity index (χ3v) is 2.34. The van der Waals surface area contributed by atoms with Gasteiger partial charge in [-0.05, 0) is 37.6 Å². The highest BCUT2D eigenvalue weighted by molar-refractivity contribution is 5.94. The van der Waals surface area contributed by atoms with Gasteiger partial charge in [-0.15, -0.1) is 0 Å². The minimum atomic E-state index is 0.0106. The largest absolute Gasteiger partial charge is 0.385 e. The average molecular weight is 220 g/mol. The van der Waals surface area contributed by atoms with E-state index in [2.05, 4.69) is 17.6 Å². The number of carbonyl (C=O) groups excluding carboxylic acids is 1. The van der Waals surface area contributed by atoms with E-state index in [1.807, 2.05) is 31.2 Å². The normalized spacial score (nSPS) is 9.88. The molecule has 16 heavy (non-hydrogen) atoms. The smallest absolute Gasteiger partial charge is 0.251 e. The van der Waals surface area contributed by atoms with Crippen LogP contribution in [0.15, 0.2) is 24.3 Å². The number of anilines is 1. The molecule has 0 fully saturated rings. The third kappa shape index (κ3) is 3.93. The Hall–Kier alpha value is -1.51. The number of carbonyl (C=O) groups is 1. The van der Waals surface area contributed by atoms with E-state index in [9.17, 15) is 4.79 Å². The summed E-state index contributed by atoms with van der Waals surface area (Å²) in [5, 5.41) is 6.09. The van der Waals surface area contributed by atoms with Crippen molar-refractivity contribution in [2.75, 3.05) is 18.4 Å². The van der Waals surface area contributed by atoms with Crippen LogP contribution < -0.4 is 10.6 Å². The van der Waals surface area contributed by atoms with Crippen LogP contribution in [-0.2, 0) is 0 Å². The monoisotopic (exact) mass is 220 g/mol. The van der Waals surface area contributed by atoms with Gasteiger partial charge in [0.2, 0.25) is 0 Å². The molecule has 1 rings (SSSR count). The van der Waals surface area contributed by atoms with Gasteiger partial charge in [-0.25, -0.2) is 0 Å². The van der Waals surface area contributed by atoms with Crippen LogP contribution in [0.1, 0.15) is 37.0 Å². The lowest BCUT2D eigenvalue weighted by Crippen LogP contribution is -2.24. The number of benzene rings is 1. The van der Waals surface area contributed by atoms with Crippen molar-refractivity contribution >= 4 is 11.6 Å². The van der Waals surface area contributed by atoms with Gasteiger partial charge in [-0.1, -0.05) is 13.3 Å². The molecule has 0 aromatic heterocycles. The number of nitrogens with one attached hydrogen (secondary N) is 2. The van der Waals surface area contributed by atoms with Gasteiger partial charge in [0.15, 0.2) is 0 Å². The molecule has 0 radical (unpaired) electrons. The molecule has 3 nitrogen and oxygen atoms in total. The Labute approximate surface area is 97.2 Å². The second kappa shape index (κ2) is 6.88. The van der Waals surface area contributed by atoms with Gasteiger partial charge in [-0.2, -0.15) is 0 Å². The summed E-state index contributed by atoms with van der Waals surface area (Å²) in [6, 6.07) is 7.55. The van der Waals surface area contributed by atoms with Crippen molar-refractivity contribution < 1.29 is 4.79 Å². The van der Waals surface area contributed by atoms with E-state index in [1.165, 1.54) is 0 Å². The molecular weight excluding hydrogens is 200 g/mol. The van der Waals surface area contributed by atoms with Gasteiger partial charge >= 0.3 is 0 Å². The quantitative estimate of drug-likeness (QED) is 0.724. The molecule has 0 unspecified atom stereocenters. The van der Waals surface area contributed by atoms with Gasteiger partial charge in [0.1, 0.15) is 0 Å². The van der Waals surface area contributed by atoms with Gasteiger partial charge in [0, 0.05) is 24.3 Å². The Morgan fingerprint density at radius 3 is 2.44 bits per heavy atom. The maximum Gasteiger partial charge on any atom is 0.251 e. The molecule has 0 heterocycles. The third-order valence-electron chi connectivity index (χ3n) is 2.34. The molecule has 1 aromatic carbocycles. The van der Waals surface area contributed by atoms with Gasteiger partial charge in [0.05, 0.1) is 0 Å². The van der Waals surface area contributed by atoms with E-state index >= 15 is 0 Å². The van der Waals surface area contributed by atoms with Crippen molar-refractivity contribution in [3.8, 4) is 0 Å². The highest BCUT2D eigenvalue weighted by Gasteiger charge is 2.03. The summed E-state index contributed by atoms with van der Waals surface area (Å²) in [4.78, 5) is 11.7. The fraction of sp³-hybridized carbons (Fsp3) is 0.462. The van der Waals surface area contributed by atoms with Gasteiger partial charge in [0.25, 0.3) is 5.91 Å². The zero-order valence-corrected chi connectivity index (χ0v) is 10.0. The number of hydrogen-bond acceptors (Lipinski definition) is 2. The maximum absolute atomic E-state index is 11.7. The maximum atomic E-state index is 11.7. The Kier molecular flexibility index (Phi) is 5.40. The minimum absolute atomic E-state index is 0.0106. The van der Waals surface area contributed by atoms with Crippen LogP contribution in [0.25, 0.3) is 0 Å². The van der Waals surface area contributed by atoms with E-state index in [1.54, 1.807) is 0 Å². The first-order valence-corrected chi connectivity index (χ1v) is 5.90. The molecule has 0 bridgehead atoms. The first-order valence-electron chi connectivity index (χ1n) is 5.90. The molecule has 0 aliphatic rings. The van der Waals surface area contributed by atoms with Crippen LogP contribution in [0.5, 0.6) is 0 Å². The highest BCUT2D eigenvalue weighted by atomic mass is 16.1. The zero-order chi connectivity index (χ0) is 11.8. The number of hydrogen-bond donors (Lipinski definition) is 2. The summed E-state index contributed by atoms with van der Waals surface area (Å²) in [7, 11) is 0.